The zero-order valence-corrected chi connectivity index (χ0v) is 10.2. The third-order valence-corrected chi connectivity index (χ3v) is 2.47. The van der Waals surface area contributed by atoms with Crippen molar-refractivity contribution in [3.8, 4) is 0 Å². The van der Waals surface area contributed by atoms with Gasteiger partial charge in [0.05, 0.1) is 11.7 Å². The minimum absolute atomic E-state index is 0.226. The smallest absolute Gasteiger partial charge is 0.241 e. The SMILES string of the molecule is CCC[C@@H](N)C(=O)Nc1cc(C)cnc1Cl. The summed E-state index contributed by atoms with van der Waals surface area (Å²) in [5, 5.41) is 2.96. The van der Waals surface area contributed by atoms with Crippen LogP contribution in [0.15, 0.2) is 12.3 Å². The van der Waals surface area contributed by atoms with Gasteiger partial charge in [-0.05, 0) is 25.0 Å². The molecule has 0 aromatic carbocycles. The molecule has 88 valence electrons. The number of rotatable bonds is 4. The molecule has 1 atom stereocenters. The molecule has 1 heterocycles. The van der Waals surface area contributed by atoms with E-state index in [-0.39, 0.29) is 11.1 Å². The molecule has 0 aliphatic rings. The number of aromatic nitrogens is 1. The summed E-state index contributed by atoms with van der Waals surface area (Å²) >= 11 is 5.86. The van der Waals surface area contributed by atoms with E-state index in [0.717, 1.165) is 12.0 Å². The van der Waals surface area contributed by atoms with E-state index in [9.17, 15) is 4.79 Å². The molecule has 3 N–H and O–H groups in total. The number of amides is 1. The van der Waals surface area contributed by atoms with Gasteiger partial charge in [-0.3, -0.25) is 4.79 Å². The Hall–Kier alpha value is -1.13. The molecule has 0 spiro atoms. The Morgan fingerprint density at radius 3 is 3.00 bits per heavy atom. The van der Waals surface area contributed by atoms with Crippen LogP contribution in [0.1, 0.15) is 25.3 Å². The van der Waals surface area contributed by atoms with E-state index < -0.39 is 6.04 Å². The summed E-state index contributed by atoms with van der Waals surface area (Å²) < 4.78 is 0. The maximum absolute atomic E-state index is 11.6. The zero-order valence-electron chi connectivity index (χ0n) is 9.46. The van der Waals surface area contributed by atoms with Crippen molar-refractivity contribution in [3.63, 3.8) is 0 Å². The average Bonchev–Trinajstić information content (AvgIpc) is 2.23. The van der Waals surface area contributed by atoms with E-state index >= 15 is 0 Å². The van der Waals surface area contributed by atoms with E-state index in [1.54, 1.807) is 12.3 Å². The first kappa shape index (κ1) is 12.9. The summed E-state index contributed by atoms with van der Waals surface area (Å²) in [6, 6.07) is 1.27. The molecule has 1 aromatic heterocycles. The average molecular weight is 242 g/mol. The molecule has 16 heavy (non-hydrogen) atoms. The number of hydrogen-bond donors (Lipinski definition) is 2. The lowest BCUT2D eigenvalue weighted by molar-refractivity contribution is -0.117. The minimum atomic E-state index is -0.499. The summed E-state index contributed by atoms with van der Waals surface area (Å²) in [4.78, 5) is 15.6. The van der Waals surface area contributed by atoms with E-state index in [2.05, 4.69) is 10.3 Å². The number of carbonyl (C=O) groups excluding carboxylic acids is 1. The Morgan fingerprint density at radius 1 is 1.69 bits per heavy atom. The van der Waals surface area contributed by atoms with Crippen molar-refractivity contribution < 1.29 is 4.79 Å². The number of nitrogens with two attached hydrogens (primary N) is 1. The van der Waals surface area contributed by atoms with Crippen LogP contribution in [0.25, 0.3) is 0 Å². The maximum atomic E-state index is 11.6. The van der Waals surface area contributed by atoms with Crippen LogP contribution in [0.5, 0.6) is 0 Å². The lowest BCUT2D eigenvalue weighted by Crippen LogP contribution is -2.35. The third kappa shape index (κ3) is 3.47. The van der Waals surface area contributed by atoms with Crippen LogP contribution in [0.3, 0.4) is 0 Å². The maximum Gasteiger partial charge on any atom is 0.241 e. The fourth-order valence-corrected chi connectivity index (χ4v) is 1.46. The highest BCUT2D eigenvalue weighted by molar-refractivity contribution is 6.32. The second kappa shape index (κ2) is 5.82. The van der Waals surface area contributed by atoms with E-state index in [0.29, 0.717) is 12.1 Å². The first-order valence-corrected chi connectivity index (χ1v) is 5.61. The highest BCUT2D eigenvalue weighted by atomic mass is 35.5. The van der Waals surface area contributed by atoms with Crippen molar-refractivity contribution in [3.05, 3.63) is 23.0 Å². The second-order valence-electron chi connectivity index (χ2n) is 3.74. The van der Waals surface area contributed by atoms with Gasteiger partial charge >= 0.3 is 0 Å². The van der Waals surface area contributed by atoms with Crippen molar-refractivity contribution in [2.24, 2.45) is 5.73 Å². The van der Waals surface area contributed by atoms with Crippen molar-refractivity contribution in [1.29, 1.82) is 0 Å². The number of hydrogen-bond acceptors (Lipinski definition) is 3. The number of pyridine rings is 1. The molecular weight excluding hydrogens is 226 g/mol. The standard InChI is InChI=1S/C11H16ClN3O/c1-3-4-8(13)11(16)15-9-5-7(2)6-14-10(9)12/h5-6,8H,3-4,13H2,1-2H3,(H,15,16)/t8-/m1/s1. The predicted octanol–water partition coefficient (Wildman–Crippen LogP) is 2.11. The number of nitrogens with zero attached hydrogens (tertiary/aromatic N) is 1. The van der Waals surface area contributed by atoms with Crippen molar-refractivity contribution in [2.75, 3.05) is 5.32 Å². The molecule has 1 rings (SSSR count). The molecule has 0 saturated carbocycles. The highest BCUT2D eigenvalue weighted by Gasteiger charge is 2.14. The zero-order chi connectivity index (χ0) is 12.1. The first-order chi connectivity index (χ1) is 7.54. The van der Waals surface area contributed by atoms with Crippen LogP contribution in [-0.4, -0.2) is 16.9 Å². The van der Waals surface area contributed by atoms with Crippen LogP contribution >= 0.6 is 11.6 Å². The minimum Gasteiger partial charge on any atom is -0.322 e. The Labute approximate surface area is 100 Å². The van der Waals surface area contributed by atoms with E-state index in [4.69, 9.17) is 17.3 Å². The first-order valence-electron chi connectivity index (χ1n) is 5.23. The number of carbonyl (C=O) groups is 1. The van der Waals surface area contributed by atoms with Crippen LogP contribution in [0.4, 0.5) is 5.69 Å². The third-order valence-electron chi connectivity index (χ3n) is 2.17. The van der Waals surface area contributed by atoms with Gasteiger partial charge in [-0.2, -0.15) is 0 Å². The fourth-order valence-electron chi connectivity index (χ4n) is 1.31. The van der Waals surface area contributed by atoms with Crippen molar-refractivity contribution in [1.82, 2.24) is 4.98 Å². The van der Waals surface area contributed by atoms with Gasteiger partial charge in [0.25, 0.3) is 0 Å². The molecule has 1 amide bonds. The van der Waals surface area contributed by atoms with Gasteiger partial charge < -0.3 is 11.1 Å². The Balaban J connectivity index is 2.72. The largest absolute Gasteiger partial charge is 0.322 e. The molecule has 0 unspecified atom stereocenters. The molecule has 4 nitrogen and oxygen atoms in total. The highest BCUT2D eigenvalue weighted by Crippen LogP contribution is 2.19. The van der Waals surface area contributed by atoms with Gasteiger partial charge in [-0.15, -0.1) is 0 Å². The number of nitrogens with one attached hydrogen (secondary N) is 1. The summed E-state index contributed by atoms with van der Waals surface area (Å²) in [7, 11) is 0. The normalized spacial score (nSPS) is 12.2. The lowest BCUT2D eigenvalue weighted by Gasteiger charge is -2.12. The summed E-state index contributed by atoms with van der Waals surface area (Å²) in [5.74, 6) is -0.226. The van der Waals surface area contributed by atoms with Crippen LogP contribution in [0.2, 0.25) is 5.15 Å². The number of anilines is 1. The van der Waals surface area contributed by atoms with Gasteiger partial charge in [0.15, 0.2) is 5.15 Å². The summed E-state index contributed by atoms with van der Waals surface area (Å²) in [5.41, 5.74) is 7.13. The fraction of sp³-hybridized carbons (Fsp3) is 0.455. The van der Waals surface area contributed by atoms with E-state index in [1.807, 2.05) is 13.8 Å². The molecule has 0 saturated heterocycles. The summed E-state index contributed by atoms with van der Waals surface area (Å²) in [6.45, 7) is 3.86. The number of halogens is 1. The Bertz CT molecular complexity index is 381. The van der Waals surface area contributed by atoms with E-state index in [1.165, 1.54) is 0 Å². The van der Waals surface area contributed by atoms with Crippen LogP contribution < -0.4 is 11.1 Å². The monoisotopic (exact) mass is 241 g/mol. The molecule has 0 aliphatic carbocycles. The number of aryl methyl sites for hydroxylation is 1. The predicted molar refractivity (Wildman–Crippen MR) is 65.5 cm³/mol. The molecular formula is C11H16ClN3O. The van der Waals surface area contributed by atoms with Gasteiger partial charge in [0, 0.05) is 6.20 Å². The van der Waals surface area contributed by atoms with Gasteiger partial charge in [-0.1, -0.05) is 24.9 Å². The topological polar surface area (TPSA) is 68.0 Å². The quantitative estimate of drug-likeness (QED) is 0.794. The van der Waals surface area contributed by atoms with Crippen LogP contribution in [0, 0.1) is 6.92 Å². The summed E-state index contributed by atoms with van der Waals surface area (Å²) in [6.07, 6.45) is 3.17. The Kier molecular flexibility index (Phi) is 4.71. The lowest BCUT2D eigenvalue weighted by atomic mass is 10.1. The molecule has 0 fully saturated rings. The molecule has 0 radical (unpaired) electrons. The van der Waals surface area contributed by atoms with Gasteiger partial charge in [0.2, 0.25) is 5.91 Å². The second-order valence-corrected chi connectivity index (χ2v) is 4.09. The molecule has 1 aromatic rings. The molecule has 5 heteroatoms. The van der Waals surface area contributed by atoms with Gasteiger partial charge in [-0.25, -0.2) is 4.98 Å². The molecule has 0 bridgehead atoms. The van der Waals surface area contributed by atoms with Gasteiger partial charge in [0.1, 0.15) is 0 Å². The Morgan fingerprint density at radius 2 is 2.38 bits per heavy atom. The van der Waals surface area contributed by atoms with Crippen molar-refractivity contribution in [2.45, 2.75) is 32.7 Å². The van der Waals surface area contributed by atoms with Crippen molar-refractivity contribution >= 4 is 23.2 Å². The molecule has 0 aliphatic heterocycles. The van der Waals surface area contributed by atoms with Crippen LogP contribution in [-0.2, 0) is 4.79 Å².